The fourth-order valence-corrected chi connectivity index (χ4v) is 3.93. The second-order valence-electron chi connectivity index (χ2n) is 5.42. The highest BCUT2D eigenvalue weighted by Crippen LogP contribution is 2.37. The van der Waals surface area contributed by atoms with Crippen molar-refractivity contribution in [3.63, 3.8) is 0 Å². The molecule has 1 unspecified atom stereocenters. The zero-order chi connectivity index (χ0) is 17.3. The van der Waals surface area contributed by atoms with Gasteiger partial charge in [0.15, 0.2) is 0 Å². The van der Waals surface area contributed by atoms with E-state index < -0.39 is 0 Å². The van der Waals surface area contributed by atoms with Crippen molar-refractivity contribution in [2.75, 3.05) is 0 Å². The van der Waals surface area contributed by atoms with Crippen molar-refractivity contribution in [3.05, 3.63) is 45.8 Å². The summed E-state index contributed by atoms with van der Waals surface area (Å²) in [6, 6.07) is 6.16. The number of nitriles is 1. The molecule has 0 N–H and O–H groups in total. The molecule has 24 heavy (non-hydrogen) atoms. The number of nitrogens with zero attached hydrogens (tertiary/aromatic N) is 4. The largest absolute Gasteiger partial charge is 0.419 e. The lowest BCUT2D eigenvalue weighted by atomic mass is 10.1. The van der Waals surface area contributed by atoms with Gasteiger partial charge in [-0.05, 0) is 50.3 Å². The molecule has 0 saturated heterocycles. The molecule has 7 heteroatoms. The lowest BCUT2D eigenvalue weighted by molar-refractivity contribution is 0.510. The molecule has 0 bridgehead atoms. The van der Waals surface area contributed by atoms with Crippen molar-refractivity contribution in [2.45, 2.75) is 38.0 Å². The summed E-state index contributed by atoms with van der Waals surface area (Å²) >= 11 is 3.03. The van der Waals surface area contributed by atoms with Crippen LogP contribution in [0.4, 0.5) is 0 Å². The molecule has 122 valence electrons. The zero-order valence-corrected chi connectivity index (χ0v) is 15.5. The summed E-state index contributed by atoms with van der Waals surface area (Å²) in [6.45, 7) is 7.88. The summed E-state index contributed by atoms with van der Waals surface area (Å²) in [6.07, 6.45) is 0. The Labute approximate surface area is 148 Å². The standard InChI is InChI=1S/C17H16N4OS2/c1-9-10(2)13(8-18)17(19-11(9)3)24-12(4)15-20-21-16(22-15)14-6-5-7-23-14/h5-7,12H,1-4H3. The average Bonchev–Trinajstić information content (AvgIpc) is 3.23. The van der Waals surface area contributed by atoms with Crippen LogP contribution in [0.5, 0.6) is 0 Å². The highest BCUT2D eigenvalue weighted by molar-refractivity contribution is 7.99. The van der Waals surface area contributed by atoms with E-state index in [9.17, 15) is 5.26 Å². The van der Waals surface area contributed by atoms with Gasteiger partial charge in [-0.25, -0.2) is 4.98 Å². The quantitative estimate of drug-likeness (QED) is 0.622. The Bertz CT molecular complexity index is 910. The maximum atomic E-state index is 9.47. The van der Waals surface area contributed by atoms with E-state index in [0.29, 0.717) is 22.4 Å². The summed E-state index contributed by atoms with van der Waals surface area (Å²) in [4.78, 5) is 5.53. The van der Waals surface area contributed by atoms with Crippen LogP contribution in [0.15, 0.2) is 27.0 Å². The Morgan fingerprint density at radius 3 is 2.71 bits per heavy atom. The number of rotatable bonds is 4. The minimum atomic E-state index is -0.0904. The number of hydrogen-bond donors (Lipinski definition) is 0. The molecular formula is C17H16N4OS2. The monoisotopic (exact) mass is 356 g/mol. The minimum Gasteiger partial charge on any atom is -0.419 e. The lowest BCUT2D eigenvalue weighted by Crippen LogP contribution is -2.00. The molecule has 0 fully saturated rings. The second kappa shape index (κ2) is 6.75. The predicted octanol–water partition coefficient (Wildman–Crippen LogP) is 4.84. The first-order valence-electron chi connectivity index (χ1n) is 7.43. The van der Waals surface area contributed by atoms with Crippen molar-refractivity contribution in [3.8, 4) is 16.8 Å². The molecule has 0 saturated carbocycles. The van der Waals surface area contributed by atoms with E-state index in [-0.39, 0.29) is 5.25 Å². The highest BCUT2D eigenvalue weighted by atomic mass is 32.2. The van der Waals surface area contributed by atoms with Crippen molar-refractivity contribution in [2.24, 2.45) is 0 Å². The van der Waals surface area contributed by atoms with Crippen LogP contribution in [-0.4, -0.2) is 15.2 Å². The Balaban J connectivity index is 1.88. The number of aromatic nitrogens is 3. The SMILES string of the molecule is Cc1nc(SC(C)c2nnc(-c3cccs3)o2)c(C#N)c(C)c1C. The number of thioether (sulfide) groups is 1. The van der Waals surface area contributed by atoms with Crippen molar-refractivity contribution in [1.82, 2.24) is 15.2 Å². The van der Waals surface area contributed by atoms with E-state index in [2.05, 4.69) is 21.3 Å². The first-order valence-corrected chi connectivity index (χ1v) is 9.19. The summed E-state index contributed by atoms with van der Waals surface area (Å²) < 4.78 is 5.78. The van der Waals surface area contributed by atoms with Crippen LogP contribution in [0.3, 0.4) is 0 Å². The molecule has 0 aliphatic carbocycles. The Morgan fingerprint density at radius 1 is 1.25 bits per heavy atom. The first-order chi connectivity index (χ1) is 11.5. The summed E-state index contributed by atoms with van der Waals surface area (Å²) in [5.74, 6) is 1.06. The topological polar surface area (TPSA) is 75.6 Å². The number of thiophene rings is 1. The molecular weight excluding hydrogens is 340 g/mol. The van der Waals surface area contributed by atoms with E-state index in [4.69, 9.17) is 4.42 Å². The molecule has 3 aromatic heterocycles. The summed E-state index contributed by atoms with van der Waals surface area (Å²) in [7, 11) is 0. The Kier molecular flexibility index (Phi) is 4.69. The van der Waals surface area contributed by atoms with Gasteiger partial charge in [0, 0.05) is 5.69 Å². The third-order valence-electron chi connectivity index (χ3n) is 3.88. The average molecular weight is 356 g/mol. The lowest BCUT2D eigenvalue weighted by Gasteiger charge is -2.13. The van der Waals surface area contributed by atoms with Gasteiger partial charge in [-0.15, -0.1) is 21.5 Å². The molecule has 3 heterocycles. The summed E-state index contributed by atoms with van der Waals surface area (Å²) in [5.41, 5.74) is 3.59. The first kappa shape index (κ1) is 16.7. The molecule has 0 aromatic carbocycles. The summed E-state index contributed by atoms with van der Waals surface area (Å²) in [5, 5.41) is 20.3. The van der Waals surface area contributed by atoms with Gasteiger partial charge in [0.1, 0.15) is 11.1 Å². The van der Waals surface area contributed by atoms with E-state index >= 15 is 0 Å². The highest BCUT2D eigenvalue weighted by Gasteiger charge is 2.21. The Hall–Kier alpha value is -2.17. The van der Waals surface area contributed by atoms with E-state index in [1.807, 2.05) is 45.2 Å². The van der Waals surface area contributed by atoms with Gasteiger partial charge in [0.2, 0.25) is 5.89 Å². The van der Waals surface area contributed by atoms with Crippen LogP contribution >= 0.6 is 23.1 Å². The van der Waals surface area contributed by atoms with E-state index in [1.54, 1.807) is 11.3 Å². The normalized spacial score (nSPS) is 12.1. The van der Waals surface area contributed by atoms with Gasteiger partial charge < -0.3 is 4.42 Å². The van der Waals surface area contributed by atoms with Crippen LogP contribution in [0, 0.1) is 32.1 Å². The molecule has 0 aliphatic heterocycles. The van der Waals surface area contributed by atoms with Gasteiger partial charge in [-0.2, -0.15) is 5.26 Å². The molecule has 0 radical (unpaired) electrons. The van der Waals surface area contributed by atoms with Crippen LogP contribution in [0.25, 0.3) is 10.8 Å². The second-order valence-corrected chi connectivity index (χ2v) is 7.70. The van der Waals surface area contributed by atoms with Crippen LogP contribution in [0.2, 0.25) is 0 Å². The van der Waals surface area contributed by atoms with Crippen molar-refractivity contribution in [1.29, 1.82) is 5.26 Å². The fraction of sp³-hybridized carbons (Fsp3) is 0.294. The third kappa shape index (κ3) is 3.07. The van der Waals surface area contributed by atoms with Crippen molar-refractivity contribution < 1.29 is 4.42 Å². The molecule has 0 amide bonds. The van der Waals surface area contributed by atoms with Gasteiger partial charge in [0.05, 0.1) is 15.7 Å². The van der Waals surface area contributed by atoms with Gasteiger partial charge in [-0.1, -0.05) is 17.8 Å². The van der Waals surface area contributed by atoms with Gasteiger partial charge >= 0.3 is 0 Å². The third-order valence-corrected chi connectivity index (χ3v) is 5.82. The predicted molar refractivity (Wildman–Crippen MR) is 95.0 cm³/mol. The van der Waals surface area contributed by atoms with Crippen LogP contribution in [-0.2, 0) is 0 Å². The smallest absolute Gasteiger partial charge is 0.257 e. The minimum absolute atomic E-state index is 0.0904. The maximum absolute atomic E-state index is 9.47. The molecule has 5 nitrogen and oxygen atoms in total. The zero-order valence-electron chi connectivity index (χ0n) is 13.8. The Morgan fingerprint density at radius 2 is 2.04 bits per heavy atom. The van der Waals surface area contributed by atoms with Gasteiger partial charge in [0.25, 0.3) is 5.89 Å². The fourth-order valence-electron chi connectivity index (χ4n) is 2.24. The molecule has 0 spiro atoms. The van der Waals surface area contributed by atoms with Crippen molar-refractivity contribution >= 4 is 23.1 Å². The van der Waals surface area contributed by atoms with Crippen LogP contribution in [0.1, 0.15) is 40.4 Å². The van der Waals surface area contributed by atoms with Crippen LogP contribution < -0.4 is 0 Å². The molecule has 0 aliphatic rings. The molecule has 1 atom stereocenters. The van der Waals surface area contributed by atoms with Gasteiger partial charge in [-0.3, -0.25) is 0 Å². The van der Waals surface area contributed by atoms with E-state index in [0.717, 1.165) is 21.7 Å². The van der Waals surface area contributed by atoms with E-state index in [1.165, 1.54) is 11.8 Å². The molecule has 3 rings (SSSR count). The number of aryl methyl sites for hydroxylation is 1. The number of hydrogen-bond acceptors (Lipinski definition) is 7. The molecule has 3 aromatic rings. The number of pyridine rings is 1. The maximum Gasteiger partial charge on any atom is 0.257 e.